The number of amides is 1. The fourth-order valence-electron chi connectivity index (χ4n) is 3.64. The number of ether oxygens (including phenoxy) is 1. The van der Waals surface area contributed by atoms with E-state index in [4.69, 9.17) is 20.8 Å². The molecule has 0 aliphatic carbocycles. The zero-order valence-electron chi connectivity index (χ0n) is 17.1. The number of alkyl halides is 3. The summed E-state index contributed by atoms with van der Waals surface area (Å²) < 4.78 is 51.1. The van der Waals surface area contributed by atoms with Gasteiger partial charge in [-0.05, 0) is 31.2 Å². The number of anilines is 1. The zero-order valence-corrected chi connectivity index (χ0v) is 17.9. The van der Waals surface area contributed by atoms with Crippen LogP contribution in [0.2, 0.25) is 5.15 Å². The third kappa shape index (κ3) is 3.58. The Bertz CT molecular complexity index is 1590. The molecule has 1 aliphatic rings. The Morgan fingerprint density at radius 2 is 2.03 bits per heavy atom. The van der Waals surface area contributed by atoms with E-state index in [0.29, 0.717) is 45.9 Å². The number of benzene rings is 1. The van der Waals surface area contributed by atoms with E-state index in [1.54, 1.807) is 25.1 Å². The Kier molecular flexibility index (Phi) is 4.91. The molecule has 0 bridgehead atoms. The number of pyridine rings is 2. The normalized spacial score (nSPS) is 13.8. The average Bonchev–Trinajstić information content (AvgIpc) is 3.09. The van der Waals surface area contributed by atoms with E-state index in [0.717, 1.165) is 0 Å². The summed E-state index contributed by atoms with van der Waals surface area (Å²) in [5.41, 5.74) is -0.170. The summed E-state index contributed by atoms with van der Waals surface area (Å²) in [5, 5.41) is 13.1. The lowest BCUT2D eigenvalue weighted by Crippen LogP contribution is -2.10. The molecular formula is C22H11ClF3N5O3. The molecule has 1 amide bonds. The van der Waals surface area contributed by atoms with Gasteiger partial charge in [0.25, 0.3) is 0 Å². The van der Waals surface area contributed by atoms with Crippen molar-refractivity contribution in [3.8, 4) is 17.8 Å². The maximum atomic E-state index is 13.3. The van der Waals surface area contributed by atoms with E-state index >= 15 is 0 Å². The number of aliphatic imine (C=N–C) groups is 1. The highest BCUT2D eigenvalue weighted by Gasteiger charge is 2.36. The second-order valence-corrected chi connectivity index (χ2v) is 7.74. The molecule has 4 heterocycles. The summed E-state index contributed by atoms with van der Waals surface area (Å²) in [6.45, 7) is 2.06. The van der Waals surface area contributed by atoms with Crippen LogP contribution in [-0.2, 0) is 6.18 Å². The van der Waals surface area contributed by atoms with Crippen molar-refractivity contribution in [1.82, 2.24) is 9.97 Å². The zero-order chi connectivity index (χ0) is 24.2. The van der Waals surface area contributed by atoms with Crippen LogP contribution in [0, 0.1) is 11.3 Å². The molecule has 1 N–H and O–H groups in total. The van der Waals surface area contributed by atoms with Crippen LogP contribution < -0.4 is 10.1 Å². The number of aromatic nitrogens is 2. The Labute approximate surface area is 193 Å². The molecular weight excluding hydrogens is 475 g/mol. The lowest BCUT2D eigenvalue weighted by atomic mass is 10.1. The Morgan fingerprint density at radius 3 is 2.76 bits per heavy atom. The van der Waals surface area contributed by atoms with Gasteiger partial charge in [0.1, 0.15) is 22.4 Å². The summed E-state index contributed by atoms with van der Waals surface area (Å²) in [4.78, 5) is 24.4. The molecule has 8 nitrogen and oxygen atoms in total. The van der Waals surface area contributed by atoms with Crippen LogP contribution in [-0.4, -0.2) is 28.1 Å². The highest BCUT2D eigenvalue weighted by atomic mass is 35.5. The van der Waals surface area contributed by atoms with Crippen molar-refractivity contribution in [3.05, 3.63) is 52.4 Å². The predicted octanol–water partition coefficient (Wildman–Crippen LogP) is 5.74. The number of halogens is 4. The third-order valence-electron chi connectivity index (χ3n) is 5.08. The Balaban J connectivity index is 1.61. The molecule has 3 aromatic heterocycles. The number of nitriles is 1. The van der Waals surface area contributed by atoms with Crippen molar-refractivity contribution in [2.75, 3.05) is 11.9 Å². The molecule has 0 spiro atoms. The van der Waals surface area contributed by atoms with Crippen LogP contribution in [0.25, 0.3) is 21.9 Å². The predicted molar refractivity (Wildman–Crippen MR) is 116 cm³/mol. The number of rotatable bonds is 2. The van der Waals surface area contributed by atoms with E-state index in [2.05, 4.69) is 20.3 Å². The van der Waals surface area contributed by atoms with Gasteiger partial charge >= 0.3 is 12.1 Å². The summed E-state index contributed by atoms with van der Waals surface area (Å²) in [7, 11) is 0. The minimum atomic E-state index is -4.83. The van der Waals surface area contributed by atoms with Gasteiger partial charge in [0.2, 0.25) is 17.5 Å². The first-order chi connectivity index (χ1) is 16.2. The lowest BCUT2D eigenvalue weighted by Gasteiger charge is -2.13. The lowest BCUT2D eigenvalue weighted by molar-refractivity contribution is -0.137. The number of furan rings is 1. The minimum absolute atomic E-state index is 0.0705. The van der Waals surface area contributed by atoms with Gasteiger partial charge in [-0.25, -0.2) is 9.98 Å². The van der Waals surface area contributed by atoms with E-state index in [1.807, 2.05) is 0 Å². The van der Waals surface area contributed by atoms with Crippen molar-refractivity contribution >= 4 is 50.8 Å². The number of hydrogen-bond donors (Lipinski definition) is 1. The molecule has 0 radical (unpaired) electrons. The monoisotopic (exact) mass is 485 g/mol. The molecule has 12 heteroatoms. The number of carbonyl (C=O) groups is 1. The van der Waals surface area contributed by atoms with E-state index in [9.17, 15) is 23.2 Å². The molecule has 0 saturated carbocycles. The quantitative estimate of drug-likeness (QED) is 0.360. The summed E-state index contributed by atoms with van der Waals surface area (Å²) in [6.07, 6.45) is -4.83. The summed E-state index contributed by atoms with van der Waals surface area (Å²) in [6, 6.07) is 8.25. The van der Waals surface area contributed by atoms with Gasteiger partial charge in [-0.15, -0.1) is 0 Å². The van der Waals surface area contributed by atoms with Crippen molar-refractivity contribution in [2.24, 2.45) is 4.99 Å². The molecule has 1 aliphatic heterocycles. The molecule has 5 rings (SSSR count). The van der Waals surface area contributed by atoms with Gasteiger partial charge in [-0.2, -0.15) is 23.4 Å². The molecule has 0 unspecified atom stereocenters. The minimum Gasteiger partial charge on any atom is -0.449 e. The van der Waals surface area contributed by atoms with E-state index < -0.39 is 34.2 Å². The molecule has 0 saturated heterocycles. The summed E-state index contributed by atoms with van der Waals surface area (Å²) >= 11 is 5.73. The molecule has 4 aromatic rings. The second-order valence-electron chi connectivity index (χ2n) is 7.35. The molecule has 34 heavy (non-hydrogen) atoms. The standard InChI is InChI=1S/C22H11ClF3N5O3/c1-9-8-28-18-17-10-2-5-16(30-13(10)3-4-14(17)33-19(18)20(32)29-9)34-21-11(7-27)12(22(24,25)26)6-15(23)31-21/h2-6,28H,8H2,1H3. The fourth-order valence-corrected chi connectivity index (χ4v) is 3.82. The highest BCUT2D eigenvalue weighted by molar-refractivity contribution is 6.29. The Hall–Kier alpha value is -4.17. The average molecular weight is 486 g/mol. The third-order valence-corrected chi connectivity index (χ3v) is 5.27. The SMILES string of the molecule is CC1=NC(=O)c2oc3ccc4nc(Oc5nc(Cl)cc(C(F)(F)F)c5C#N)ccc4c3c2NC1. The maximum Gasteiger partial charge on any atom is 0.417 e. The van der Waals surface area contributed by atoms with Crippen LogP contribution in [0.4, 0.5) is 18.9 Å². The van der Waals surface area contributed by atoms with Crippen LogP contribution in [0.5, 0.6) is 11.8 Å². The Morgan fingerprint density at radius 1 is 1.24 bits per heavy atom. The number of nitrogens with one attached hydrogen (secondary N) is 1. The smallest absolute Gasteiger partial charge is 0.417 e. The van der Waals surface area contributed by atoms with Gasteiger partial charge in [-0.1, -0.05) is 11.6 Å². The molecule has 170 valence electrons. The van der Waals surface area contributed by atoms with Crippen LogP contribution in [0.3, 0.4) is 0 Å². The van der Waals surface area contributed by atoms with E-state index in [1.165, 1.54) is 12.1 Å². The van der Waals surface area contributed by atoms with Crippen molar-refractivity contribution in [3.63, 3.8) is 0 Å². The highest BCUT2D eigenvalue weighted by Crippen LogP contribution is 2.40. The van der Waals surface area contributed by atoms with Crippen LogP contribution in [0.15, 0.2) is 39.7 Å². The maximum absolute atomic E-state index is 13.3. The largest absolute Gasteiger partial charge is 0.449 e. The van der Waals surface area contributed by atoms with Crippen LogP contribution >= 0.6 is 11.6 Å². The second kappa shape index (κ2) is 7.71. The first kappa shape index (κ1) is 21.7. The molecule has 0 atom stereocenters. The topological polar surface area (TPSA) is 113 Å². The van der Waals surface area contributed by atoms with Crippen LogP contribution in [0.1, 0.15) is 28.6 Å². The number of fused-ring (bicyclic) bond motifs is 5. The van der Waals surface area contributed by atoms with Gasteiger partial charge in [-0.3, -0.25) is 4.79 Å². The first-order valence-electron chi connectivity index (χ1n) is 9.70. The van der Waals surface area contributed by atoms with Gasteiger partial charge < -0.3 is 14.5 Å². The molecule has 0 fully saturated rings. The van der Waals surface area contributed by atoms with Crippen molar-refractivity contribution < 1.29 is 27.1 Å². The number of hydrogen-bond acceptors (Lipinski definition) is 7. The number of carbonyl (C=O) groups excluding carboxylic acids is 1. The van der Waals surface area contributed by atoms with Gasteiger partial charge in [0.15, 0.2) is 0 Å². The fraction of sp³-hybridized carbons (Fsp3) is 0.136. The van der Waals surface area contributed by atoms with Crippen molar-refractivity contribution in [1.29, 1.82) is 5.26 Å². The van der Waals surface area contributed by atoms with Crippen molar-refractivity contribution in [2.45, 2.75) is 13.1 Å². The van der Waals surface area contributed by atoms with Gasteiger partial charge in [0, 0.05) is 17.2 Å². The number of nitrogens with zero attached hydrogens (tertiary/aromatic N) is 4. The molecule has 1 aromatic carbocycles. The summed E-state index contributed by atoms with van der Waals surface area (Å²) in [5.74, 6) is -1.16. The van der Waals surface area contributed by atoms with E-state index in [-0.39, 0.29) is 11.6 Å². The first-order valence-corrected chi connectivity index (χ1v) is 10.1. The van der Waals surface area contributed by atoms with Gasteiger partial charge in [0.05, 0.1) is 28.7 Å².